The van der Waals surface area contributed by atoms with E-state index >= 15 is 0 Å². The first-order valence-electron chi connectivity index (χ1n) is 12.4. The number of hydrogen-bond acceptors (Lipinski definition) is 10. The van der Waals surface area contributed by atoms with Gasteiger partial charge in [-0.05, 0) is 69.2 Å². The van der Waals surface area contributed by atoms with Crippen LogP contribution in [0.2, 0.25) is 0 Å². The fraction of sp³-hybridized carbons (Fsp3) is 0.407. The van der Waals surface area contributed by atoms with Crippen molar-refractivity contribution < 1.29 is 37.3 Å². The Labute approximate surface area is 228 Å². The van der Waals surface area contributed by atoms with Gasteiger partial charge in [0.2, 0.25) is 6.29 Å². The van der Waals surface area contributed by atoms with Crippen molar-refractivity contribution in [2.75, 3.05) is 13.2 Å². The molecular weight excluding hydrogens is 526 g/mol. The average Bonchev–Trinajstić information content (AvgIpc) is 3.28. The quantitative estimate of drug-likeness (QED) is 0.242. The number of rotatable bonds is 12. The van der Waals surface area contributed by atoms with Crippen molar-refractivity contribution in [1.82, 2.24) is 9.88 Å². The first-order valence-corrected chi connectivity index (χ1v) is 13.5. The second kappa shape index (κ2) is 13.4. The topological polar surface area (TPSA) is 146 Å². The molecule has 0 spiro atoms. The summed E-state index contributed by atoms with van der Waals surface area (Å²) in [5.41, 5.74) is 1.77. The van der Waals surface area contributed by atoms with Crippen LogP contribution in [0, 0.1) is 0 Å². The van der Waals surface area contributed by atoms with E-state index in [0.717, 1.165) is 17.3 Å². The van der Waals surface area contributed by atoms with Crippen LogP contribution in [-0.2, 0) is 31.3 Å². The van der Waals surface area contributed by atoms with Gasteiger partial charge in [-0.1, -0.05) is 12.1 Å². The first-order chi connectivity index (χ1) is 18.5. The third-order valence-corrected chi connectivity index (χ3v) is 6.35. The summed E-state index contributed by atoms with van der Waals surface area (Å²) in [7, 11) is -2.56. The molecule has 2 aromatic carbocycles. The second-order valence-corrected chi connectivity index (χ2v) is 10.1. The van der Waals surface area contributed by atoms with E-state index in [0.29, 0.717) is 17.7 Å². The molecule has 0 saturated heterocycles. The fourth-order valence-corrected chi connectivity index (χ4v) is 4.19. The van der Waals surface area contributed by atoms with Crippen LogP contribution in [0.15, 0.2) is 59.1 Å². The van der Waals surface area contributed by atoms with E-state index in [1.165, 1.54) is 6.92 Å². The number of aliphatic hydroxyl groups excluding tert-OH is 1. The molecule has 0 aliphatic heterocycles. The van der Waals surface area contributed by atoms with Gasteiger partial charge >= 0.3 is 22.6 Å². The zero-order valence-corrected chi connectivity index (χ0v) is 23.1. The number of ether oxygens (including phenoxy) is 3. The maximum absolute atomic E-state index is 12.5. The number of β-amino-alcohol motifs (C(OH)–C–C–N with tert-alkyl or cyclic N) is 1. The smallest absolute Gasteiger partial charge is 0.435 e. The highest BCUT2D eigenvalue weighted by atomic mass is 32.2. The zero-order valence-electron chi connectivity index (χ0n) is 22.3. The van der Waals surface area contributed by atoms with E-state index < -0.39 is 35.0 Å². The van der Waals surface area contributed by atoms with Gasteiger partial charge in [0.15, 0.2) is 0 Å². The summed E-state index contributed by atoms with van der Waals surface area (Å²) < 4.78 is 41.9. The van der Waals surface area contributed by atoms with Crippen LogP contribution in [0.25, 0.3) is 10.9 Å². The van der Waals surface area contributed by atoms with Gasteiger partial charge in [-0.2, -0.15) is 8.42 Å². The maximum atomic E-state index is 12.5. The molecule has 2 unspecified atom stereocenters. The normalized spacial score (nSPS) is 12.9. The summed E-state index contributed by atoms with van der Waals surface area (Å²) in [6, 6.07) is 13.6. The Hall–Kier alpha value is -3.74. The SMILES string of the molecule is CCOC(=O)OC(C)OC(=O)c1ccc2c(ccn2CCC(C)(C)NCC(O)c2cccc(N=S(=O)=O)c2)c1. The van der Waals surface area contributed by atoms with Gasteiger partial charge in [-0.15, -0.1) is 4.36 Å². The van der Waals surface area contributed by atoms with Crippen molar-refractivity contribution in [3.8, 4) is 0 Å². The van der Waals surface area contributed by atoms with Crippen molar-refractivity contribution in [1.29, 1.82) is 0 Å². The number of carbonyl (C=O) groups excluding carboxylic acids is 2. The molecule has 3 aromatic rings. The Morgan fingerprint density at radius 3 is 2.62 bits per heavy atom. The number of nitrogens with one attached hydrogen (secondary N) is 1. The Balaban J connectivity index is 1.57. The van der Waals surface area contributed by atoms with Crippen LogP contribution in [-0.4, -0.2) is 55.2 Å². The number of carbonyl (C=O) groups is 2. The molecule has 11 nitrogen and oxygen atoms in total. The fourth-order valence-electron chi connectivity index (χ4n) is 3.91. The molecule has 0 aliphatic rings. The van der Waals surface area contributed by atoms with Crippen molar-refractivity contribution in [3.05, 3.63) is 65.9 Å². The van der Waals surface area contributed by atoms with Crippen molar-refractivity contribution >= 4 is 39.2 Å². The Morgan fingerprint density at radius 1 is 1.13 bits per heavy atom. The molecule has 0 saturated carbocycles. The molecule has 1 aromatic heterocycles. The molecule has 3 rings (SSSR count). The maximum Gasteiger partial charge on any atom is 0.511 e. The Kier molecular flexibility index (Phi) is 10.2. The molecule has 2 N–H and O–H groups in total. The minimum Gasteiger partial charge on any atom is -0.435 e. The van der Waals surface area contributed by atoms with Crippen LogP contribution < -0.4 is 5.32 Å². The summed E-state index contributed by atoms with van der Waals surface area (Å²) >= 11 is 0. The number of aliphatic hydroxyl groups is 1. The third-order valence-electron chi connectivity index (χ3n) is 5.99. The van der Waals surface area contributed by atoms with Gasteiger partial charge in [0.25, 0.3) is 0 Å². The van der Waals surface area contributed by atoms with Crippen molar-refractivity contribution in [3.63, 3.8) is 0 Å². The predicted molar refractivity (Wildman–Crippen MR) is 144 cm³/mol. The Morgan fingerprint density at radius 2 is 1.90 bits per heavy atom. The molecular formula is C27H33N3O8S. The summed E-state index contributed by atoms with van der Waals surface area (Å²) in [5, 5.41) is 14.8. The minimum absolute atomic E-state index is 0.156. The highest BCUT2D eigenvalue weighted by Crippen LogP contribution is 2.23. The molecule has 39 heavy (non-hydrogen) atoms. The second-order valence-electron chi connectivity index (χ2n) is 9.49. The average molecular weight is 560 g/mol. The number of nitrogens with zero attached hydrogens (tertiary/aromatic N) is 2. The van der Waals surface area contributed by atoms with Crippen LogP contribution in [0.5, 0.6) is 0 Å². The van der Waals surface area contributed by atoms with Gasteiger partial charge < -0.3 is 29.2 Å². The number of fused-ring (bicyclic) bond motifs is 1. The van der Waals surface area contributed by atoms with Gasteiger partial charge in [0.1, 0.15) is 0 Å². The van der Waals surface area contributed by atoms with E-state index in [1.807, 2.05) is 32.2 Å². The number of hydrogen-bond donors (Lipinski definition) is 2. The molecule has 12 heteroatoms. The highest BCUT2D eigenvalue weighted by Gasteiger charge is 2.21. The largest absolute Gasteiger partial charge is 0.511 e. The van der Waals surface area contributed by atoms with Crippen LogP contribution in [0.1, 0.15) is 56.1 Å². The van der Waals surface area contributed by atoms with Crippen LogP contribution >= 0.6 is 0 Å². The lowest BCUT2D eigenvalue weighted by molar-refractivity contribution is -0.0811. The van der Waals surface area contributed by atoms with Crippen molar-refractivity contribution in [2.45, 2.75) is 58.6 Å². The molecule has 0 aliphatic carbocycles. The van der Waals surface area contributed by atoms with E-state index in [2.05, 4.69) is 19.0 Å². The van der Waals surface area contributed by atoms with E-state index in [-0.39, 0.29) is 24.4 Å². The summed E-state index contributed by atoms with van der Waals surface area (Å²) in [6.45, 7) is 8.25. The molecule has 0 bridgehead atoms. The van der Waals surface area contributed by atoms with Gasteiger partial charge in [0.05, 0.1) is 24.0 Å². The number of benzene rings is 2. The predicted octanol–water partition coefficient (Wildman–Crippen LogP) is 4.50. The monoisotopic (exact) mass is 559 g/mol. The standard InChI is InChI=1S/C27H33N3O8S/c1-5-36-26(33)38-18(2)37-25(32)21-9-10-23-19(15-21)11-13-30(23)14-12-27(3,4)28-17-24(31)20-7-6-8-22(16-20)29-39(34)35/h6-11,13,15-16,18,24,28,31H,5,12,14,17H2,1-4H3. The van der Waals surface area contributed by atoms with Gasteiger partial charge in [0, 0.05) is 42.7 Å². The highest BCUT2D eigenvalue weighted by molar-refractivity contribution is 7.61. The van der Waals surface area contributed by atoms with E-state index in [9.17, 15) is 23.1 Å². The zero-order chi connectivity index (χ0) is 28.6. The molecule has 0 fully saturated rings. The first kappa shape index (κ1) is 29.8. The summed E-state index contributed by atoms with van der Waals surface area (Å²) in [6.07, 6.45) is -0.160. The van der Waals surface area contributed by atoms with Gasteiger partial charge in [-0.3, -0.25) is 0 Å². The summed E-state index contributed by atoms with van der Waals surface area (Å²) in [4.78, 5) is 23.9. The van der Waals surface area contributed by atoms with Crippen LogP contribution in [0.3, 0.4) is 0 Å². The molecule has 2 atom stereocenters. The lowest BCUT2D eigenvalue weighted by atomic mass is 9.99. The number of aromatic nitrogens is 1. The van der Waals surface area contributed by atoms with Crippen molar-refractivity contribution in [2.24, 2.45) is 4.36 Å². The third kappa shape index (κ3) is 8.91. The lowest BCUT2D eigenvalue weighted by Gasteiger charge is -2.28. The lowest BCUT2D eigenvalue weighted by Crippen LogP contribution is -2.42. The van der Waals surface area contributed by atoms with E-state index in [1.54, 1.807) is 43.3 Å². The Bertz CT molecular complexity index is 1440. The van der Waals surface area contributed by atoms with Crippen LogP contribution in [0.4, 0.5) is 10.5 Å². The van der Waals surface area contributed by atoms with E-state index in [4.69, 9.17) is 9.47 Å². The molecule has 210 valence electrons. The minimum atomic E-state index is -2.56. The number of aryl methyl sites for hydroxylation is 1. The summed E-state index contributed by atoms with van der Waals surface area (Å²) in [5.74, 6) is -0.620. The molecule has 1 heterocycles. The number of esters is 1. The molecule has 0 amide bonds. The van der Waals surface area contributed by atoms with Gasteiger partial charge in [-0.25, -0.2) is 9.59 Å². The molecule has 0 radical (unpaired) electrons.